The number of thioether (sulfide) groups is 1. The number of nitrogens with zero attached hydrogens (tertiary/aromatic N) is 1. The van der Waals surface area contributed by atoms with E-state index in [2.05, 4.69) is 17.4 Å². The number of hydrogen-bond donors (Lipinski definition) is 1. The molecule has 0 bridgehead atoms. The van der Waals surface area contributed by atoms with Gasteiger partial charge in [-0.1, -0.05) is 44.2 Å². The van der Waals surface area contributed by atoms with E-state index in [1.165, 1.54) is 10.1 Å². The van der Waals surface area contributed by atoms with Crippen molar-refractivity contribution in [3.63, 3.8) is 0 Å². The van der Waals surface area contributed by atoms with Gasteiger partial charge in [0.1, 0.15) is 0 Å². The number of carbonyl (C=O) groups is 1. The molecule has 1 heterocycles. The Bertz CT molecular complexity index is 960. The van der Waals surface area contributed by atoms with E-state index < -0.39 is 5.76 Å². The number of aromatic nitrogens is 1. The summed E-state index contributed by atoms with van der Waals surface area (Å²) in [7, 11) is 1.65. The molecule has 3 aromatic rings. The zero-order valence-electron chi connectivity index (χ0n) is 15.1. The zero-order valence-corrected chi connectivity index (χ0v) is 15.9. The van der Waals surface area contributed by atoms with Crippen molar-refractivity contribution in [3.8, 4) is 0 Å². The van der Waals surface area contributed by atoms with E-state index in [9.17, 15) is 9.59 Å². The predicted octanol–water partition coefficient (Wildman–Crippen LogP) is 4.03. The first-order chi connectivity index (χ1) is 12.5. The van der Waals surface area contributed by atoms with Crippen molar-refractivity contribution < 1.29 is 9.21 Å². The smallest absolute Gasteiger partial charge is 0.408 e. The van der Waals surface area contributed by atoms with Crippen LogP contribution in [0.1, 0.15) is 19.4 Å². The zero-order chi connectivity index (χ0) is 18.7. The van der Waals surface area contributed by atoms with Crippen LogP contribution in [-0.2, 0) is 17.6 Å². The average Bonchev–Trinajstić information content (AvgIpc) is 2.89. The van der Waals surface area contributed by atoms with Gasteiger partial charge in [0.15, 0.2) is 5.58 Å². The lowest BCUT2D eigenvalue weighted by Gasteiger charge is -2.20. The number of hydrogen-bond acceptors (Lipinski definition) is 4. The fourth-order valence-corrected chi connectivity index (χ4v) is 3.92. The Labute approximate surface area is 156 Å². The van der Waals surface area contributed by atoms with Crippen molar-refractivity contribution in [2.75, 3.05) is 5.32 Å². The normalized spacial score (nSPS) is 12.5. The van der Waals surface area contributed by atoms with E-state index >= 15 is 0 Å². The van der Waals surface area contributed by atoms with Crippen molar-refractivity contribution in [1.82, 2.24) is 4.57 Å². The number of anilines is 1. The SMILES string of the molecule is CC(C)C(SCc1ccccc1)C(=O)Nc1ccc2c(c1)oc(=O)n2C. The third kappa shape index (κ3) is 4.02. The van der Waals surface area contributed by atoms with Crippen LogP contribution in [0.15, 0.2) is 57.7 Å². The summed E-state index contributed by atoms with van der Waals surface area (Å²) in [6.45, 7) is 4.09. The molecule has 0 radical (unpaired) electrons. The fraction of sp³-hybridized carbons (Fsp3) is 0.300. The van der Waals surface area contributed by atoms with E-state index in [1.54, 1.807) is 37.0 Å². The molecule has 0 spiro atoms. The van der Waals surface area contributed by atoms with Gasteiger partial charge in [-0.05, 0) is 23.6 Å². The van der Waals surface area contributed by atoms with Crippen molar-refractivity contribution in [1.29, 1.82) is 0 Å². The molecule has 26 heavy (non-hydrogen) atoms. The monoisotopic (exact) mass is 370 g/mol. The Morgan fingerprint density at radius 2 is 1.92 bits per heavy atom. The summed E-state index contributed by atoms with van der Waals surface area (Å²) in [5.41, 5.74) is 2.99. The number of oxazole rings is 1. The van der Waals surface area contributed by atoms with E-state index in [0.717, 1.165) is 5.75 Å². The summed E-state index contributed by atoms with van der Waals surface area (Å²) >= 11 is 1.63. The van der Waals surface area contributed by atoms with Gasteiger partial charge in [0, 0.05) is 24.6 Å². The average molecular weight is 370 g/mol. The molecule has 5 nitrogen and oxygen atoms in total. The molecule has 1 N–H and O–H groups in total. The number of carbonyl (C=O) groups excluding carboxylic acids is 1. The molecule has 0 aliphatic carbocycles. The Morgan fingerprint density at radius 1 is 1.19 bits per heavy atom. The Balaban J connectivity index is 1.72. The van der Waals surface area contributed by atoms with Crippen LogP contribution in [0.2, 0.25) is 0 Å². The van der Waals surface area contributed by atoms with Crippen molar-refractivity contribution in [2.24, 2.45) is 13.0 Å². The molecule has 1 unspecified atom stereocenters. The van der Waals surface area contributed by atoms with Gasteiger partial charge in [0.2, 0.25) is 5.91 Å². The van der Waals surface area contributed by atoms with E-state index in [1.807, 2.05) is 32.0 Å². The largest absolute Gasteiger partial charge is 0.419 e. The second-order valence-electron chi connectivity index (χ2n) is 6.56. The Morgan fingerprint density at radius 3 is 2.62 bits per heavy atom. The van der Waals surface area contributed by atoms with Gasteiger partial charge >= 0.3 is 5.76 Å². The quantitative estimate of drug-likeness (QED) is 0.712. The molecule has 0 aliphatic rings. The first-order valence-corrected chi connectivity index (χ1v) is 9.56. The summed E-state index contributed by atoms with van der Waals surface area (Å²) in [5, 5.41) is 2.78. The fourth-order valence-electron chi connectivity index (χ4n) is 2.76. The first-order valence-electron chi connectivity index (χ1n) is 8.51. The molecule has 0 aliphatic heterocycles. The van der Waals surface area contributed by atoms with Crippen LogP contribution in [0.3, 0.4) is 0 Å². The lowest BCUT2D eigenvalue weighted by molar-refractivity contribution is -0.116. The van der Waals surface area contributed by atoms with Crippen LogP contribution in [-0.4, -0.2) is 15.7 Å². The molecule has 3 rings (SSSR count). The highest BCUT2D eigenvalue weighted by atomic mass is 32.2. The molecule has 1 aromatic heterocycles. The van der Waals surface area contributed by atoms with Gasteiger partial charge in [-0.15, -0.1) is 11.8 Å². The van der Waals surface area contributed by atoms with Gasteiger partial charge in [-0.2, -0.15) is 0 Å². The topological polar surface area (TPSA) is 64.2 Å². The maximum Gasteiger partial charge on any atom is 0.419 e. The number of fused-ring (bicyclic) bond motifs is 1. The highest BCUT2D eigenvalue weighted by Crippen LogP contribution is 2.26. The van der Waals surface area contributed by atoms with Crippen molar-refractivity contribution in [3.05, 3.63) is 64.6 Å². The second-order valence-corrected chi connectivity index (χ2v) is 7.69. The van der Waals surface area contributed by atoms with Crippen LogP contribution in [0.5, 0.6) is 0 Å². The summed E-state index contributed by atoms with van der Waals surface area (Å²) in [4.78, 5) is 24.3. The molecule has 6 heteroatoms. The van der Waals surface area contributed by atoms with Crippen molar-refractivity contribution in [2.45, 2.75) is 24.9 Å². The first kappa shape index (κ1) is 18.3. The minimum Gasteiger partial charge on any atom is -0.408 e. The second kappa shape index (κ2) is 7.83. The lowest BCUT2D eigenvalue weighted by atomic mass is 10.1. The molecular weight excluding hydrogens is 348 g/mol. The van der Waals surface area contributed by atoms with Gasteiger partial charge in [-0.25, -0.2) is 4.79 Å². The van der Waals surface area contributed by atoms with Crippen LogP contribution in [0, 0.1) is 5.92 Å². The van der Waals surface area contributed by atoms with Crippen LogP contribution in [0.4, 0.5) is 5.69 Å². The van der Waals surface area contributed by atoms with E-state index in [4.69, 9.17) is 4.42 Å². The standard InChI is InChI=1S/C20H22N2O3S/c1-13(2)18(26-12-14-7-5-4-6-8-14)19(23)21-15-9-10-16-17(11-15)25-20(24)22(16)3/h4-11,13,18H,12H2,1-3H3,(H,21,23). The van der Waals surface area contributed by atoms with Crippen LogP contribution in [0.25, 0.3) is 11.1 Å². The van der Waals surface area contributed by atoms with Gasteiger partial charge in [0.05, 0.1) is 10.8 Å². The van der Waals surface area contributed by atoms with Gasteiger partial charge < -0.3 is 9.73 Å². The summed E-state index contributed by atoms with van der Waals surface area (Å²) in [5.74, 6) is 0.520. The number of benzene rings is 2. The predicted molar refractivity (Wildman–Crippen MR) is 106 cm³/mol. The molecule has 0 saturated carbocycles. The summed E-state index contributed by atoms with van der Waals surface area (Å²) in [6.07, 6.45) is 0. The molecule has 2 aromatic carbocycles. The molecule has 1 atom stereocenters. The Kier molecular flexibility index (Phi) is 5.52. The third-order valence-electron chi connectivity index (χ3n) is 4.20. The van der Waals surface area contributed by atoms with Crippen LogP contribution >= 0.6 is 11.8 Å². The van der Waals surface area contributed by atoms with E-state index in [-0.39, 0.29) is 17.1 Å². The van der Waals surface area contributed by atoms with Crippen LogP contribution < -0.4 is 11.1 Å². The third-order valence-corrected chi connectivity index (χ3v) is 5.81. The number of nitrogens with one attached hydrogen (secondary N) is 1. The van der Waals surface area contributed by atoms with Gasteiger partial charge in [-0.3, -0.25) is 9.36 Å². The highest BCUT2D eigenvalue weighted by Gasteiger charge is 2.23. The summed E-state index contributed by atoms with van der Waals surface area (Å²) < 4.78 is 6.62. The number of aryl methyl sites for hydroxylation is 1. The molecule has 1 amide bonds. The molecular formula is C20H22N2O3S. The Hall–Kier alpha value is -2.47. The van der Waals surface area contributed by atoms with Crippen molar-refractivity contribution >= 4 is 34.5 Å². The number of rotatable bonds is 6. The number of amides is 1. The minimum atomic E-state index is -0.415. The van der Waals surface area contributed by atoms with Gasteiger partial charge in [0.25, 0.3) is 0 Å². The summed E-state index contributed by atoms with van der Waals surface area (Å²) in [6, 6.07) is 15.4. The molecule has 0 saturated heterocycles. The lowest BCUT2D eigenvalue weighted by Crippen LogP contribution is -2.29. The highest BCUT2D eigenvalue weighted by molar-refractivity contribution is 7.99. The maximum absolute atomic E-state index is 12.8. The minimum absolute atomic E-state index is 0.0430. The molecule has 0 fully saturated rings. The van der Waals surface area contributed by atoms with E-state index in [0.29, 0.717) is 16.8 Å². The molecule has 136 valence electrons. The maximum atomic E-state index is 12.8.